The van der Waals surface area contributed by atoms with Crippen LogP contribution < -0.4 is 5.32 Å². The van der Waals surface area contributed by atoms with E-state index in [2.05, 4.69) is 50.3 Å². The lowest BCUT2D eigenvalue weighted by Gasteiger charge is -2.57. The van der Waals surface area contributed by atoms with Crippen molar-refractivity contribution in [3.8, 4) is 0 Å². The van der Waals surface area contributed by atoms with E-state index >= 15 is 0 Å². The van der Waals surface area contributed by atoms with Crippen LogP contribution >= 0.6 is 0 Å². The molecule has 31 heavy (non-hydrogen) atoms. The lowest BCUT2D eigenvalue weighted by atomic mass is 9.77. The molecular weight excluding hydrogens is 390 g/mol. The molecule has 2 aromatic rings. The molecule has 0 bridgehead atoms. The van der Waals surface area contributed by atoms with E-state index in [0.717, 1.165) is 55.5 Å². The highest BCUT2D eigenvalue weighted by atomic mass is 16.1. The van der Waals surface area contributed by atoms with E-state index < -0.39 is 11.7 Å². The molecule has 1 N–H and O–H groups in total. The molecule has 0 aliphatic carbocycles. The van der Waals surface area contributed by atoms with Gasteiger partial charge in [-0.2, -0.15) is 15.0 Å². The summed E-state index contributed by atoms with van der Waals surface area (Å²) in [6.45, 7) is 7.85. The number of nitrogens with one attached hydrogen (secondary N) is 1. The van der Waals surface area contributed by atoms with Gasteiger partial charge in [-0.05, 0) is 56.4 Å². The summed E-state index contributed by atoms with van der Waals surface area (Å²) >= 11 is 0. The number of likely N-dealkylation sites (tertiary alicyclic amines) is 1. The zero-order chi connectivity index (χ0) is 21.9. The standard InChI is InChI=1S/C23H31N7O/c1-4-22(17-26-21-8-7-18(2)15-25-21)10-5-6-14-29(22)23(30-27-12-13-28-30)19(3)9-11-24-20(23)16-31/h7-9,11-13,15-16,20H,4-6,10,14,17H2,1-3H3,(H,25,26)/t20-,22?,23-/m1/s1. The van der Waals surface area contributed by atoms with Gasteiger partial charge in [0.2, 0.25) is 0 Å². The molecule has 2 aliphatic heterocycles. The van der Waals surface area contributed by atoms with Crippen molar-refractivity contribution in [2.45, 2.75) is 63.7 Å². The molecule has 1 fully saturated rings. The van der Waals surface area contributed by atoms with E-state index in [9.17, 15) is 4.79 Å². The number of carbonyl (C=O) groups is 1. The Morgan fingerprint density at radius 1 is 1.23 bits per heavy atom. The first-order valence-electron chi connectivity index (χ1n) is 11.0. The lowest BCUT2D eigenvalue weighted by molar-refractivity contribution is -0.125. The molecule has 1 saturated heterocycles. The number of allylic oxidation sites excluding steroid dienone is 1. The topological polar surface area (TPSA) is 88.3 Å². The number of carbonyl (C=O) groups excluding carboxylic acids is 1. The highest BCUT2D eigenvalue weighted by Gasteiger charge is 2.57. The smallest absolute Gasteiger partial charge is 0.186 e. The van der Waals surface area contributed by atoms with Crippen LogP contribution in [0.4, 0.5) is 5.82 Å². The van der Waals surface area contributed by atoms with Crippen LogP contribution in [-0.2, 0) is 10.5 Å². The zero-order valence-electron chi connectivity index (χ0n) is 18.5. The second-order valence-electron chi connectivity index (χ2n) is 8.53. The average Bonchev–Trinajstić information content (AvgIpc) is 3.34. The van der Waals surface area contributed by atoms with Crippen molar-refractivity contribution in [3.05, 3.63) is 47.9 Å². The van der Waals surface area contributed by atoms with Gasteiger partial charge in [-0.25, -0.2) is 4.98 Å². The predicted molar refractivity (Wildman–Crippen MR) is 121 cm³/mol. The second kappa shape index (κ2) is 8.70. The van der Waals surface area contributed by atoms with Crippen LogP contribution in [0, 0.1) is 6.92 Å². The number of hydrogen-bond acceptors (Lipinski definition) is 7. The number of piperidine rings is 1. The third-order valence-electron chi connectivity index (χ3n) is 6.84. The first kappa shape index (κ1) is 21.4. The average molecular weight is 422 g/mol. The molecule has 8 heteroatoms. The maximum absolute atomic E-state index is 12.3. The number of dihydropyridines is 1. The predicted octanol–water partition coefficient (Wildman–Crippen LogP) is 2.98. The Morgan fingerprint density at radius 2 is 2.03 bits per heavy atom. The summed E-state index contributed by atoms with van der Waals surface area (Å²) in [7, 11) is 0. The van der Waals surface area contributed by atoms with Gasteiger partial charge in [0, 0.05) is 31.0 Å². The van der Waals surface area contributed by atoms with E-state index in [-0.39, 0.29) is 5.54 Å². The molecule has 0 spiro atoms. The van der Waals surface area contributed by atoms with Crippen molar-refractivity contribution in [1.29, 1.82) is 0 Å². The van der Waals surface area contributed by atoms with Crippen molar-refractivity contribution in [3.63, 3.8) is 0 Å². The number of aryl methyl sites for hydroxylation is 1. The highest BCUT2D eigenvalue weighted by molar-refractivity contribution is 5.79. The summed E-state index contributed by atoms with van der Waals surface area (Å²) in [5, 5.41) is 12.6. The number of aldehydes is 1. The summed E-state index contributed by atoms with van der Waals surface area (Å²) in [5.74, 6) is 0.857. The lowest BCUT2D eigenvalue weighted by Crippen LogP contribution is -2.70. The van der Waals surface area contributed by atoms with Gasteiger partial charge in [-0.1, -0.05) is 19.4 Å². The number of anilines is 1. The van der Waals surface area contributed by atoms with Gasteiger partial charge in [-0.3, -0.25) is 9.89 Å². The van der Waals surface area contributed by atoms with Crippen molar-refractivity contribution in [2.75, 3.05) is 18.4 Å². The maximum Gasteiger partial charge on any atom is 0.186 e. The minimum Gasteiger partial charge on any atom is -0.368 e. The minimum atomic E-state index is -0.862. The fourth-order valence-electron chi connectivity index (χ4n) is 5.12. The number of aliphatic imine (C=N–C) groups is 1. The molecular formula is C23H31N7O. The van der Waals surface area contributed by atoms with Crippen molar-refractivity contribution >= 4 is 18.3 Å². The first-order valence-corrected chi connectivity index (χ1v) is 11.0. The van der Waals surface area contributed by atoms with Crippen LogP contribution in [0.1, 0.15) is 45.1 Å². The monoisotopic (exact) mass is 421 g/mol. The number of rotatable bonds is 7. The van der Waals surface area contributed by atoms with E-state index in [1.54, 1.807) is 23.4 Å². The van der Waals surface area contributed by atoms with Gasteiger partial charge in [0.15, 0.2) is 5.66 Å². The van der Waals surface area contributed by atoms with Gasteiger partial charge >= 0.3 is 0 Å². The Balaban J connectivity index is 1.78. The van der Waals surface area contributed by atoms with Gasteiger partial charge in [0.25, 0.3) is 0 Å². The van der Waals surface area contributed by atoms with Crippen LogP contribution in [-0.4, -0.2) is 62.0 Å². The third kappa shape index (κ3) is 3.59. The summed E-state index contributed by atoms with van der Waals surface area (Å²) in [6.07, 6.45) is 14.0. The molecule has 1 unspecified atom stereocenters. The molecule has 0 amide bonds. The van der Waals surface area contributed by atoms with E-state index in [4.69, 9.17) is 0 Å². The summed E-state index contributed by atoms with van der Waals surface area (Å²) < 4.78 is 0. The van der Waals surface area contributed by atoms with Gasteiger partial charge < -0.3 is 10.1 Å². The Labute approximate surface area is 183 Å². The summed E-state index contributed by atoms with van der Waals surface area (Å²) in [5.41, 5.74) is 1.08. The Bertz CT molecular complexity index is 953. The van der Waals surface area contributed by atoms with Crippen LogP contribution in [0.3, 0.4) is 0 Å². The van der Waals surface area contributed by atoms with Crippen LogP contribution in [0.5, 0.6) is 0 Å². The maximum atomic E-state index is 12.3. The highest BCUT2D eigenvalue weighted by Crippen LogP contribution is 2.45. The van der Waals surface area contributed by atoms with E-state index in [1.807, 2.05) is 25.3 Å². The summed E-state index contributed by atoms with van der Waals surface area (Å²) in [6, 6.07) is 3.46. The first-order chi connectivity index (χ1) is 15.1. The largest absolute Gasteiger partial charge is 0.368 e. The van der Waals surface area contributed by atoms with E-state index in [0.29, 0.717) is 6.54 Å². The van der Waals surface area contributed by atoms with Crippen LogP contribution in [0.15, 0.2) is 47.4 Å². The number of pyridine rings is 1. The normalized spacial score (nSPS) is 28.9. The third-order valence-corrected chi connectivity index (χ3v) is 6.84. The molecule has 164 valence electrons. The van der Waals surface area contributed by atoms with Gasteiger partial charge in [0.05, 0.1) is 12.4 Å². The van der Waals surface area contributed by atoms with Gasteiger partial charge in [0.1, 0.15) is 18.1 Å². The fourth-order valence-corrected chi connectivity index (χ4v) is 5.12. The minimum absolute atomic E-state index is 0.207. The second-order valence-corrected chi connectivity index (χ2v) is 8.53. The van der Waals surface area contributed by atoms with E-state index in [1.165, 1.54) is 0 Å². The quantitative estimate of drug-likeness (QED) is 0.692. The Kier molecular flexibility index (Phi) is 6.00. The van der Waals surface area contributed by atoms with Crippen molar-refractivity contribution < 1.29 is 4.79 Å². The molecule has 4 rings (SSSR count). The molecule has 8 nitrogen and oxygen atoms in total. The van der Waals surface area contributed by atoms with Crippen LogP contribution in [0.2, 0.25) is 0 Å². The van der Waals surface area contributed by atoms with Crippen molar-refractivity contribution in [2.24, 2.45) is 4.99 Å². The molecule has 2 aromatic heterocycles. The number of nitrogens with zero attached hydrogens (tertiary/aromatic N) is 6. The molecule has 0 radical (unpaired) electrons. The number of aromatic nitrogens is 4. The summed E-state index contributed by atoms with van der Waals surface area (Å²) in [4.78, 5) is 25.5. The van der Waals surface area contributed by atoms with Crippen molar-refractivity contribution in [1.82, 2.24) is 24.9 Å². The molecule has 2 aliphatic rings. The Hall–Kier alpha value is -2.87. The molecule has 0 aromatic carbocycles. The fraction of sp³-hybridized carbons (Fsp3) is 0.522. The molecule has 0 saturated carbocycles. The molecule has 3 atom stereocenters. The van der Waals surface area contributed by atoms with Crippen LogP contribution in [0.25, 0.3) is 0 Å². The Morgan fingerprint density at radius 3 is 2.71 bits per heavy atom. The number of hydrogen-bond donors (Lipinski definition) is 1. The molecule has 4 heterocycles. The van der Waals surface area contributed by atoms with Gasteiger partial charge in [-0.15, -0.1) is 0 Å². The SMILES string of the molecule is CCC1(CNc2ccc(C)cn2)CCCCN1[C@@]1(n2nccn2)C(C)=CC=N[C@@H]1C=O. The zero-order valence-corrected chi connectivity index (χ0v) is 18.5.